The molecule has 2 N–H and O–H groups in total. The predicted molar refractivity (Wildman–Crippen MR) is 128 cm³/mol. The number of hydrogen-bond donors (Lipinski definition) is 2. The maximum Gasteiger partial charge on any atom is 0.190 e. The van der Waals surface area contributed by atoms with Crippen molar-refractivity contribution in [3.8, 4) is 0 Å². The zero-order valence-electron chi connectivity index (χ0n) is 18.9. The third-order valence-electron chi connectivity index (χ3n) is 7.22. The third-order valence-corrected chi connectivity index (χ3v) is 7.22. The maximum atomic E-state index is 14.0. The van der Waals surface area contributed by atoms with Crippen LogP contribution in [-0.4, -0.2) is 16.1 Å². The Balaban J connectivity index is 1.72. The van der Waals surface area contributed by atoms with Gasteiger partial charge < -0.3 is 5.11 Å². The fourth-order valence-electron chi connectivity index (χ4n) is 5.70. The highest BCUT2D eigenvalue weighted by atomic mass is 19.1. The smallest absolute Gasteiger partial charge is 0.190 e. The Hall–Kier alpha value is -3.97. The highest BCUT2D eigenvalue weighted by Gasteiger charge is 2.55. The first-order valence-corrected chi connectivity index (χ1v) is 11.5. The van der Waals surface area contributed by atoms with E-state index in [2.05, 4.69) is 0 Å². The van der Waals surface area contributed by atoms with Gasteiger partial charge in [0.1, 0.15) is 17.7 Å². The average molecular weight is 482 g/mol. The molecule has 0 bridgehead atoms. The van der Waals surface area contributed by atoms with Gasteiger partial charge in [-0.2, -0.15) is 0 Å². The Labute approximate surface area is 205 Å². The van der Waals surface area contributed by atoms with Crippen LogP contribution in [0.25, 0.3) is 0 Å². The fourth-order valence-corrected chi connectivity index (χ4v) is 5.70. The number of benzene rings is 4. The van der Waals surface area contributed by atoms with Gasteiger partial charge in [-0.1, -0.05) is 72.8 Å². The lowest BCUT2D eigenvalue weighted by Crippen LogP contribution is -2.32. The Morgan fingerprint density at radius 1 is 0.750 bits per heavy atom. The van der Waals surface area contributed by atoms with Crippen LogP contribution >= 0.6 is 0 Å². The molecule has 0 heterocycles. The molecule has 4 aromatic carbocycles. The van der Waals surface area contributed by atoms with Crippen LogP contribution in [0.3, 0.4) is 0 Å². The molecule has 178 valence electrons. The van der Waals surface area contributed by atoms with Crippen LogP contribution in [0.5, 0.6) is 0 Å². The van der Waals surface area contributed by atoms with Gasteiger partial charge in [0.2, 0.25) is 0 Å². The number of hydrogen-bond acceptors (Lipinski definition) is 4. The third kappa shape index (κ3) is 3.05. The van der Waals surface area contributed by atoms with Gasteiger partial charge >= 0.3 is 0 Å². The van der Waals surface area contributed by atoms with E-state index in [0.717, 1.165) is 0 Å². The van der Waals surface area contributed by atoms with Crippen LogP contribution in [0.1, 0.15) is 50.2 Å². The maximum absolute atomic E-state index is 14.0. The minimum absolute atomic E-state index is 0.147. The van der Waals surface area contributed by atoms with Crippen molar-refractivity contribution < 1.29 is 28.8 Å². The first-order valence-electron chi connectivity index (χ1n) is 11.5. The van der Waals surface area contributed by atoms with Crippen molar-refractivity contribution in [2.45, 2.75) is 17.6 Å². The summed E-state index contributed by atoms with van der Waals surface area (Å²) in [5, 5.41) is 22.2. The molecule has 2 aliphatic carbocycles. The summed E-state index contributed by atoms with van der Waals surface area (Å²) in [6, 6.07) is 25.2. The van der Waals surface area contributed by atoms with E-state index >= 15 is 0 Å². The van der Waals surface area contributed by atoms with Crippen LogP contribution in [0, 0.1) is 11.6 Å². The van der Waals surface area contributed by atoms with Crippen LogP contribution in [0.15, 0.2) is 108 Å². The lowest BCUT2D eigenvalue weighted by atomic mass is 9.78. The summed E-state index contributed by atoms with van der Waals surface area (Å²) in [6.45, 7) is 0. The second kappa shape index (κ2) is 8.31. The molecule has 6 heteroatoms. The highest BCUT2D eigenvalue weighted by molar-refractivity contribution is 6.16. The van der Waals surface area contributed by atoms with E-state index in [1.165, 1.54) is 36.4 Å². The van der Waals surface area contributed by atoms with Crippen LogP contribution < -0.4 is 0 Å². The normalized spacial score (nSPS) is 24.6. The molecule has 0 fully saturated rings. The largest absolute Gasteiger partial charge is 0.384 e. The van der Waals surface area contributed by atoms with Crippen molar-refractivity contribution >= 4 is 5.78 Å². The Bertz CT molecular complexity index is 1530. The molecule has 3 atom stereocenters. The molecule has 0 aromatic heterocycles. The summed E-state index contributed by atoms with van der Waals surface area (Å²) in [7, 11) is 0. The van der Waals surface area contributed by atoms with Crippen molar-refractivity contribution in [2.75, 3.05) is 0 Å². The number of fused-ring (bicyclic) bond motifs is 2. The molecule has 6 rings (SSSR count). The van der Waals surface area contributed by atoms with E-state index in [1.807, 2.05) is 12.1 Å². The summed E-state index contributed by atoms with van der Waals surface area (Å²) < 4.78 is 27.7. The Morgan fingerprint density at radius 3 is 2.00 bits per heavy atom. The first-order chi connectivity index (χ1) is 17.5. The number of ketones is 1. The van der Waals surface area contributed by atoms with Crippen LogP contribution in [-0.2, 0) is 10.5 Å². The average Bonchev–Trinajstić information content (AvgIpc) is 3.33. The Kier molecular flexibility index (Phi) is 5.19. The molecule has 0 aliphatic heterocycles. The minimum Gasteiger partial charge on any atom is -0.384 e. The van der Waals surface area contributed by atoms with Gasteiger partial charge in [0.15, 0.2) is 11.4 Å². The van der Waals surface area contributed by atoms with Crippen molar-refractivity contribution in [2.24, 2.45) is 0 Å². The molecule has 0 spiro atoms. The fraction of sp³-hybridized carbons (Fsp3) is 0.100. The summed E-state index contributed by atoms with van der Waals surface area (Å²) >= 11 is 0. The molecule has 0 saturated carbocycles. The number of allylic oxidation sites excluding steroid dienone is 1. The lowest BCUT2D eigenvalue weighted by molar-refractivity contribution is -0.303. The first kappa shape index (κ1) is 22.5. The molecule has 2 aliphatic rings. The second-order valence-electron chi connectivity index (χ2n) is 9.00. The molecule has 36 heavy (non-hydrogen) atoms. The molecule has 0 radical (unpaired) electrons. The molecule has 0 amide bonds. The lowest BCUT2D eigenvalue weighted by Gasteiger charge is -2.32. The monoisotopic (exact) mass is 482 g/mol. The van der Waals surface area contributed by atoms with E-state index in [9.17, 15) is 23.9 Å². The highest BCUT2D eigenvalue weighted by Crippen LogP contribution is 2.58. The standard InChI is InChI=1S/C30H20F2O4/c31-19-13-9-17(10-14-19)25-21-5-1-2-6-22(21)28(33)26(25)27-29(34)23-7-3-4-8-24(23)30(27,36-35)18-11-15-20(32)16-12-18/h1-16,25,29,34-35H. The van der Waals surface area contributed by atoms with Gasteiger partial charge in [0.25, 0.3) is 0 Å². The Morgan fingerprint density at radius 2 is 1.33 bits per heavy atom. The van der Waals surface area contributed by atoms with Crippen molar-refractivity contribution in [1.29, 1.82) is 0 Å². The number of carbonyl (C=O) groups excluding carboxylic acids is 1. The molecule has 4 aromatic rings. The number of aliphatic hydroxyl groups excluding tert-OH is 1. The SMILES string of the molecule is O=C1C(=C2C(O)c3ccccc3C2(OO)c2ccc(F)cc2)C(c2ccc(F)cc2)c2ccccc21. The van der Waals surface area contributed by atoms with Crippen molar-refractivity contribution in [1.82, 2.24) is 0 Å². The zero-order chi connectivity index (χ0) is 25.0. The van der Waals surface area contributed by atoms with Gasteiger partial charge in [0, 0.05) is 28.2 Å². The summed E-state index contributed by atoms with van der Waals surface area (Å²) in [6.07, 6.45) is -1.30. The molecular formula is C30H20F2O4. The molecule has 4 nitrogen and oxygen atoms in total. The summed E-state index contributed by atoms with van der Waals surface area (Å²) in [5.74, 6) is -1.88. The van der Waals surface area contributed by atoms with Gasteiger partial charge in [-0.05, 0) is 46.5 Å². The number of rotatable bonds is 3. The summed E-state index contributed by atoms with van der Waals surface area (Å²) in [4.78, 5) is 19.2. The van der Waals surface area contributed by atoms with Gasteiger partial charge in [-0.15, -0.1) is 0 Å². The van der Waals surface area contributed by atoms with Crippen molar-refractivity contribution in [3.63, 3.8) is 0 Å². The minimum atomic E-state index is -1.77. The van der Waals surface area contributed by atoms with E-state index in [-0.39, 0.29) is 16.9 Å². The number of Topliss-reactive ketones (excluding diaryl/α,β-unsaturated/α-hetero) is 1. The second-order valence-corrected chi connectivity index (χ2v) is 9.00. The van der Waals surface area contributed by atoms with E-state index in [4.69, 9.17) is 4.89 Å². The molecule has 3 unspecified atom stereocenters. The number of halogens is 2. The summed E-state index contributed by atoms with van der Waals surface area (Å²) in [5.41, 5.74) is 1.64. The number of carbonyl (C=O) groups is 1. The zero-order valence-corrected chi connectivity index (χ0v) is 18.9. The quantitative estimate of drug-likeness (QED) is 0.211. The predicted octanol–water partition coefficient (Wildman–Crippen LogP) is 6.07. The molecular weight excluding hydrogens is 462 g/mol. The topological polar surface area (TPSA) is 66.8 Å². The van der Waals surface area contributed by atoms with Crippen LogP contribution in [0.4, 0.5) is 8.78 Å². The van der Waals surface area contributed by atoms with E-state index < -0.39 is 29.3 Å². The van der Waals surface area contributed by atoms with Gasteiger partial charge in [0.05, 0.1) is 0 Å². The van der Waals surface area contributed by atoms with Gasteiger partial charge in [-0.3, -0.25) is 10.1 Å². The van der Waals surface area contributed by atoms with E-state index in [1.54, 1.807) is 48.5 Å². The van der Waals surface area contributed by atoms with Gasteiger partial charge in [-0.25, -0.2) is 13.7 Å². The van der Waals surface area contributed by atoms with Crippen molar-refractivity contribution in [3.05, 3.63) is 153 Å². The molecule has 0 saturated heterocycles. The van der Waals surface area contributed by atoms with Crippen LogP contribution in [0.2, 0.25) is 0 Å². The number of aliphatic hydroxyl groups is 1. The van der Waals surface area contributed by atoms with E-state index in [0.29, 0.717) is 33.4 Å².